The zero-order valence-electron chi connectivity index (χ0n) is 10.1. The van der Waals surface area contributed by atoms with Crippen LogP contribution in [-0.2, 0) is 14.8 Å². The van der Waals surface area contributed by atoms with Crippen LogP contribution < -0.4 is 0 Å². The average molecular weight is 310 g/mol. The predicted molar refractivity (Wildman–Crippen MR) is 68.1 cm³/mol. The van der Waals surface area contributed by atoms with Gasteiger partial charge in [0.2, 0.25) is 10.0 Å². The Bertz CT molecular complexity index is 576. The summed E-state index contributed by atoms with van der Waals surface area (Å²) in [5, 5.41) is 8.48. The molecule has 0 unspecified atom stereocenters. The standard InChI is InChI=1S/C11H13ClFNO4S/c1-2-14(6-5-11(15)16)19(17,18)10-7-8(13)3-4-9(10)12/h3-4,7H,2,5-6H2,1H3,(H,15,16). The molecule has 1 aromatic rings. The smallest absolute Gasteiger partial charge is 0.304 e. The molecule has 0 saturated heterocycles. The molecule has 106 valence electrons. The summed E-state index contributed by atoms with van der Waals surface area (Å²) in [4.78, 5) is 10.1. The van der Waals surface area contributed by atoms with E-state index in [9.17, 15) is 17.6 Å². The minimum atomic E-state index is -4.00. The third-order valence-electron chi connectivity index (χ3n) is 2.44. The van der Waals surface area contributed by atoms with Gasteiger partial charge in [-0.15, -0.1) is 0 Å². The average Bonchev–Trinajstić information content (AvgIpc) is 2.32. The van der Waals surface area contributed by atoms with Gasteiger partial charge in [-0.05, 0) is 18.2 Å². The van der Waals surface area contributed by atoms with Crippen LogP contribution in [0.3, 0.4) is 0 Å². The minimum absolute atomic E-state index is 0.0719. The topological polar surface area (TPSA) is 74.7 Å². The SMILES string of the molecule is CCN(CCC(=O)O)S(=O)(=O)c1cc(F)ccc1Cl. The lowest BCUT2D eigenvalue weighted by atomic mass is 10.3. The highest BCUT2D eigenvalue weighted by molar-refractivity contribution is 7.89. The van der Waals surface area contributed by atoms with Crippen LogP contribution in [0.4, 0.5) is 4.39 Å². The molecule has 0 amide bonds. The van der Waals surface area contributed by atoms with Crippen molar-refractivity contribution in [3.63, 3.8) is 0 Å². The van der Waals surface area contributed by atoms with Crippen molar-refractivity contribution in [1.29, 1.82) is 0 Å². The number of aliphatic carboxylic acids is 1. The Balaban J connectivity index is 3.13. The molecule has 0 radical (unpaired) electrons. The monoisotopic (exact) mass is 309 g/mol. The van der Waals surface area contributed by atoms with Crippen LogP contribution in [0.25, 0.3) is 0 Å². The highest BCUT2D eigenvalue weighted by atomic mass is 35.5. The van der Waals surface area contributed by atoms with E-state index in [2.05, 4.69) is 0 Å². The van der Waals surface area contributed by atoms with Crippen LogP contribution in [0, 0.1) is 5.82 Å². The maximum Gasteiger partial charge on any atom is 0.304 e. The Morgan fingerprint density at radius 1 is 1.47 bits per heavy atom. The number of sulfonamides is 1. The van der Waals surface area contributed by atoms with Gasteiger partial charge in [0.25, 0.3) is 0 Å². The molecule has 19 heavy (non-hydrogen) atoms. The molecule has 8 heteroatoms. The lowest BCUT2D eigenvalue weighted by Gasteiger charge is -2.20. The van der Waals surface area contributed by atoms with Gasteiger partial charge in [-0.25, -0.2) is 12.8 Å². The van der Waals surface area contributed by atoms with E-state index < -0.39 is 21.8 Å². The molecule has 0 aromatic heterocycles. The first-order valence-electron chi connectivity index (χ1n) is 5.46. The minimum Gasteiger partial charge on any atom is -0.481 e. The van der Waals surface area contributed by atoms with E-state index in [1.165, 1.54) is 0 Å². The molecule has 1 aromatic carbocycles. The van der Waals surface area contributed by atoms with Gasteiger partial charge < -0.3 is 5.11 Å². The molecule has 0 spiro atoms. The van der Waals surface area contributed by atoms with E-state index in [1.54, 1.807) is 6.92 Å². The molecule has 5 nitrogen and oxygen atoms in total. The number of hydrogen-bond acceptors (Lipinski definition) is 3. The molecular formula is C11H13ClFNO4S. The molecule has 1 N–H and O–H groups in total. The zero-order chi connectivity index (χ0) is 14.6. The maximum absolute atomic E-state index is 13.1. The molecule has 0 aliphatic carbocycles. The number of carboxylic acid groups (broad SMARTS) is 1. The summed E-state index contributed by atoms with van der Waals surface area (Å²) in [6, 6.07) is 3.02. The molecule has 1 rings (SSSR count). The summed E-state index contributed by atoms with van der Waals surface area (Å²) in [6.45, 7) is 1.44. The van der Waals surface area contributed by atoms with Crippen molar-refractivity contribution in [3.05, 3.63) is 29.0 Å². The van der Waals surface area contributed by atoms with Gasteiger partial charge in [0.15, 0.2) is 0 Å². The summed E-state index contributed by atoms with van der Waals surface area (Å²) in [6.07, 6.45) is -0.333. The summed E-state index contributed by atoms with van der Waals surface area (Å²) < 4.78 is 38.5. The Kier molecular flexibility index (Phi) is 5.28. The summed E-state index contributed by atoms with van der Waals surface area (Å²) in [7, 11) is -4.00. The third kappa shape index (κ3) is 3.89. The highest BCUT2D eigenvalue weighted by Crippen LogP contribution is 2.25. The predicted octanol–water partition coefficient (Wildman–Crippen LogP) is 1.96. The summed E-state index contributed by atoms with van der Waals surface area (Å²) in [5.41, 5.74) is 0. The first kappa shape index (κ1) is 15.9. The van der Waals surface area contributed by atoms with Gasteiger partial charge in [0, 0.05) is 13.1 Å². The first-order chi connectivity index (χ1) is 8.78. The number of hydrogen-bond donors (Lipinski definition) is 1. The second-order valence-corrected chi connectivity index (χ2v) is 6.03. The van der Waals surface area contributed by atoms with E-state index in [0.29, 0.717) is 0 Å². The molecule has 0 heterocycles. The van der Waals surface area contributed by atoms with Crippen LogP contribution in [0.2, 0.25) is 5.02 Å². The third-order valence-corrected chi connectivity index (χ3v) is 4.89. The van der Waals surface area contributed by atoms with Crippen molar-refractivity contribution >= 4 is 27.6 Å². The highest BCUT2D eigenvalue weighted by Gasteiger charge is 2.26. The van der Waals surface area contributed by atoms with Crippen molar-refractivity contribution in [1.82, 2.24) is 4.31 Å². The van der Waals surface area contributed by atoms with Gasteiger partial charge in [-0.3, -0.25) is 4.79 Å². The first-order valence-corrected chi connectivity index (χ1v) is 7.27. The van der Waals surface area contributed by atoms with Crippen LogP contribution in [0.5, 0.6) is 0 Å². The van der Waals surface area contributed by atoms with Gasteiger partial charge in [-0.1, -0.05) is 18.5 Å². The van der Waals surface area contributed by atoms with Crippen LogP contribution in [0.1, 0.15) is 13.3 Å². The number of nitrogens with zero attached hydrogens (tertiary/aromatic N) is 1. The van der Waals surface area contributed by atoms with E-state index in [4.69, 9.17) is 16.7 Å². The van der Waals surface area contributed by atoms with Crippen molar-refractivity contribution in [2.75, 3.05) is 13.1 Å². The van der Waals surface area contributed by atoms with Crippen LogP contribution in [-0.4, -0.2) is 36.9 Å². The fourth-order valence-corrected chi connectivity index (χ4v) is 3.42. The Morgan fingerprint density at radius 2 is 2.11 bits per heavy atom. The van der Waals surface area contributed by atoms with Crippen LogP contribution in [0.15, 0.2) is 23.1 Å². The fraction of sp³-hybridized carbons (Fsp3) is 0.364. The lowest BCUT2D eigenvalue weighted by molar-refractivity contribution is -0.137. The quantitative estimate of drug-likeness (QED) is 0.871. The molecule has 0 fully saturated rings. The van der Waals surface area contributed by atoms with E-state index in [0.717, 1.165) is 22.5 Å². The number of rotatable bonds is 6. The Hall–Kier alpha value is -1.18. The number of halogens is 2. The summed E-state index contributed by atoms with van der Waals surface area (Å²) >= 11 is 5.76. The second kappa shape index (κ2) is 6.31. The number of carbonyl (C=O) groups is 1. The molecule has 0 aliphatic heterocycles. The lowest BCUT2D eigenvalue weighted by Crippen LogP contribution is -2.33. The van der Waals surface area contributed by atoms with Crippen molar-refractivity contribution in [2.45, 2.75) is 18.2 Å². The normalized spacial score (nSPS) is 11.8. The largest absolute Gasteiger partial charge is 0.481 e. The summed E-state index contributed by atoms with van der Waals surface area (Å²) in [5.74, 6) is -1.84. The number of benzene rings is 1. The fourth-order valence-electron chi connectivity index (χ4n) is 1.48. The molecule has 0 bridgehead atoms. The van der Waals surface area contributed by atoms with Gasteiger partial charge >= 0.3 is 5.97 Å². The maximum atomic E-state index is 13.1. The van der Waals surface area contributed by atoms with E-state index in [-0.39, 0.29) is 29.4 Å². The second-order valence-electron chi connectivity index (χ2n) is 3.72. The van der Waals surface area contributed by atoms with E-state index in [1.807, 2.05) is 0 Å². The number of carboxylic acids is 1. The van der Waals surface area contributed by atoms with Gasteiger partial charge in [-0.2, -0.15) is 4.31 Å². The van der Waals surface area contributed by atoms with Crippen molar-refractivity contribution in [3.8, 4) is 0 Å². The van der Waals surface area contributed by atoms with Crippen molar-refractivity contribution < 1.29 is 22.7 Å². The van der Waals surface area contributed by atoms with Crippen LogP contribution >= 0.6 is 11.6 Å². The molecule has 0 saturated carbocycles. The molecular weight excluding hydrogens is 297 g/mol. The van der Waals surface area contributed by atoms with Gasteiger partial charge in [0.1, 0.15) is 10.7 Å². The van der Waals surface area contributed by atoms with Gasteiger partial charge in [0.05, 0.1) is 11.4 Å². The Labute approximate surface area is 115 Å². The zero-order valence-corrected chi connectivity index (χ0v) is 11.7. The molecule has 0 aliphatic rings. The molecule has 0 atom stereocenters. The van der Waals surface area contributed by atoms with Crippen molar-refractivity contribution in [2.24, 2.45) is 0 Å². The van der Waals surface area contributed by atoms with E-state index >= 15 is 0 Å². The Morgan fingerprint density at radius 3 is 2.63 bits per heavy atom.